The summed E-state index contributed by atoms with van der Waals surface area (Å²) in [4.78, 5) is 8.74. The van der Waals surface area contributed by atoms with E-state index in [0.29, 0.717) is 12.1 Å². The Kier molecular flexibility index (Phi) is 6.66. The summed E-state index contributed by atoms with van der Waals surface area (Å²) in [6.45, 7) is 7.11. The van der Waals surface area contributed by atoms with Gasteiger partial charge in [-0.2, -0.15) is 0 Å². The monoisotopic (exact) mass is 370 g/mol. The van der Waals surface area contributed by atoms with Crippen molar-refractivity contribution >= 4 is 16.7 Å². The second-order valence-electron chi connectivity index (χ2n) is 8.58. The number of benzene rings is 1. The van der Waals surface area contributed by atoms with Crippen LogP contribution in [0, 0.1) is 6.92 Å². The van der Waals surface area contributed by atoms with Crippen molar-refractivity contribution in [3.63, 3.8) is 0 Å². The first-order valence-corrected chi connectivity index (χ1v) is 10.3. The first kappa shape index (κ1) is 20.0. The van der Waals surface area contributed by atoms with Crippen molar-refractivity contribution in [2.45, 2.75) is 83.4 Å². The van der Waals surface area contributed by atoms with Crippen LogP contribution < -0.4 is 11.1 Å². The van der Waals surface area contributed by atoms with Gasteiger partial charge < -0.3 is 15.8 Å². The van der Waals surface area contributed by atoms with Crippen molar-refractivity contribution in [2.24, 2.45) is 5.73 Å². The number of ether oxygens (including phenoxy) is 1. The average molecular weight is 371 g/mol. The van der Waals surface area contributed by atoms with Crippen molar-refractivity contribution in [1.29, 1.82) is 0 Å². The van der Waals surface area contributed by atoms with Crippen LogP contribution in [0.5, 0.6) is 0 Å². The van der Waals surface area contributed by atoms with Gasteiger partial charge >= 0.3 is 0 Å². The van der Waals surface area contributed by atoms with Gasteiger partial charge in [-0.15, -0.1) is 0 Å². The molecule has 1 unspecified atom stereocenters. The van der Waals surface area contributed by atoms with E-state index in [1.54, 1.807) is 6.33 Å². The second-order valence-corrected chi connectivity index (χ2v) is 8.58. The smallest absolute Gasteiger partial charge is 0.137 e. The standard InChI is InChI=1S/C15H19N3.C7H15NO/c1-11-7-8-14-13(9-11)15(17-10-16-14)18-12-5-3-2-4-6-12;1-7(2)5-6(8)3-4-9-7/h7-10,12H,2-6H2,1H3,(H,16,17,18);6H,3-5,8H2,1-2H3. The van der Waals surface area contributed by atoms with Gasteiger partial charge in [0.2, 0.25) is 0 Å². The molecule has 1 aromatic heterocycles. The lowest BCUT2D eigenvalue weighted by Crippen LogP contribution is -2.40. The maximum Gasteiger partial charge on any atom is 0.137 e. The molecule has 0 radical (unpaired) electrons. The molecule has 1 saturated carbocycles. The van der Waals surface area contributed by atoms with Crippen molar-refractivity contribution in [2.75, 3.05) is 11.9 Å². The zero-order valence-electron chi connectivity index (χ0n) is 17.0. The van der Waals surface area contributed by atoms with Gasteiger partial charge in [-0.25, -0.2) is 9.97 Å². The number of nitrogens with zero attached hydrogens (tertiary/aromatic N) is 2. The maximum absolute atomic E-state index is 5.73. The van der Waals surface area contributed by atoms with Gasteiger partial charge in [0, 0.05) is 24.1 Å². The second kappa shape index (κ2) is 8.98. The highest BCUT2D eigenvalue weighted by Crippen LogP contribution is 2.25. The molecule has 148 valence electrons. The third kappa shape index (κ3) is 5.88. The molecular weight excluding hydrogens is 336 g/mol. The first-order chi connectivity index (χ1) is 12.9. The van der Waals surface area contributed by atoms with E-state index in [1.165, 1.54) is 37.7 Å². The van der Waals surface area contributed by atoms with E-state index in [4.69, 9.17) is 10.5 Å². The summed E-state index contributed by atoms with van der Waals surface area (Å²) in [5.41, 5.74) is 8.03. The van der Waals surface area contributed by atoms with Gasteiger partial charge in [0.15, 0.2) is 0 Å². The van der Waals surface area contributed by atoms with Crippen LogP contribution >= 0.6 is 0 Å². The van der Waals surface area contributed by atoms with E-state index in [0.717, 1.165) is 36.2 Å². The van der Waals surface area contributed by atoms with Crippen LogP contribution in [0.4, 0.5) is 5.82 Å². The van der Waals surface area contributed by atoms with Gasteiger partial charge in [0.1, 0.15) is 12.1 Å². The van der Waals surface area contributed by atoms with Crippen LogP contribution in [0.15, 0.2) is 24.5 Å². The molecular formula is C22H34N4O. The molecule has 2 aromatic rings. The number of aromatic nitrogens is 2. The molecule has 4 rings (SSSR count). The molecule has 2 fully saturated rings. The first-order valence-electron chi connectivity index (χ1n) is 10.3. The van der Waals surface area contributed by atoms with Gasteiger partial charge in [-0.3, -0.25) is 0 Å². The zero-order chi connectivity index (χ0) is 19.3. The van der Waals surface area contributed by atoms with E-state index in [9.17, 15) is 0 Å². The van der Waals surface area contributed by atoms with Crippen LogP contribution in [-0.2, 0) is 4.74 Å². The van der Waals surface area contributed by atoms with E-state index in [1.807, 2.05) is 0 Å². The number of hydrogen-bond donors (Lipinski definition) is 2. The summed E-state index contributed by atoms with van der Waals surface area (Å²) < 4.78 is 5.46. The fourth-order valence-electron chi connectivity index (χ4n) is 4.00. The summed E-state index contributed by atoms with van der Waals surface area (Å²) in [5.74, 6) is 0.996. The molecule has 1 aliphatic carbocycles. The molecule has 3 N–H and O–H groups in total. The Morgan fingerprint density at radius 2 is 1.89 bits per heavy atom. The predicted octanol–water partition coefficient (Wildman–Crippen LogP) is 4.59. The third-order valence-electron chi connectivity index (χ3n) is 5.47. The lowest BCUT2D eigenvalue weighted by Gasteiger charge is -2.33. The lowest BCUT2D eigenvalue weighted by atomic mass is 9.95. The Bertz CT molecular complexity index is 740. The molecule has 0 bridgehead atoms. The minimum Gasteiger partial charge on any atom is -0.375 e. The lowest BCUT2D eigenvalue weighted by molar-refractivity contribution is -0.0578. The van der Waals surface area contributed by atoms with Crippen LogP contribution in [0.3, 0.4) is 0 Å². The Hall–Kier alpha value is -1.72. The van der Waals surface area contributed by atoms with Crippen LogP contribution in [0.1, 0.15) is 64.4 Å². The molecule has 2 aliphatic rings. The van der Waals surface area contributed by atoms with Gasteiger partial charge in [0.05, 0.1) is 11.1 Å². The Balaban J connectivity index is 0.000000197. The molecule has 27 heavy (non-hydrogen) atoms. The average Bonchev–Trinajstić information content (AvgIpc) is 2.63. The molecule has 5 nitrogen and oxygen atoms in total. The molecule has 1 aromatic carbocycles. The summed E-state index contributed by atoms with van der Waals surface area (Å²) in [7, 11) is 0. The Morgan fingerprint density at radius 3 is 2.56 bits per heavy atom. The largest absolute Gasteiger partial charge is 0.375 e. The topological polar surface area (TPSA) is 73.1 Å². The SMILES string of the molecule is CC1(C)CC(N)CCO1.Cc1ccc2ncnc(NC3CCCCC3)c2c1. The quantitative estimate of drug-likeness (QED) is 0.809. The van der Waals surface area contributed by atoms with E-state index < -0.39 is 0 Å². The van der Waals surface area contributed by atoms with E-state index in [2.05, 4.69) is 54.3 Å². The summed E-state index contributed by atoms with van der Waals surface area (Å²) in [5, 5.41) is 4.74. The van der Waals surface area contributed by atoms with Crippen molar-refractivity contribution in [1.82, 2.24) is 9.97 Å². The van der Waals surface area contributed by atoms with Gasteiger partial charge in [-0.05, 0) is 58.6 Å². The van der Waals surface area contributed by atoms with Gasteiger partial charge in [-0.1, -0.05) is 30.9 Å². The van der Waals surface area contributed by atoms with Crippen LogP contribution in [-0.4, -0.2) is 34.3 Å². The summed E-state index contributed by atoms with van der Waals surface area (Å²) in [6.07, 6.45) is 10.2. The fraction of sp³-hybridized carbons (Fsp3) is 0.636. The molecule has 0 amide bonds. The highest BCUT2D eigenvalue weighted by atomic mass is 16.5. The van der Waals surface area contributed by atoms with Crippen molar-refractivity contribution in [3.05, 3.63) is 30.1 Å². The minimum atomic E-state index is 0.0255. The number of nitrogens with one attached hydrogen (secondary N) is 1. The van der Waals surface area contributed by atoms with E-state index in [-0.39, 0.29) is 5.60 Å². The van der Waals surface area contributed by atoms with Crippen molar-refractivity contribution < 1.29 is 4.74 Å². The number of rotatable bonds is 2. The third-order valence-corrected chi connectivity index (χ3v) is 5.47. The molecule has 2 heterocycles. The Morgan fingerprint density at radius 1 is 1.11 bits per heavy atom. The summed E-state index contributed by atoms with van der Waals surface area (Å²) >= 11 is 0. The van der Waals surface area contributed by atoms with Crippen LogP contribution in [0.25, 0.3) is 10.9 Å². The molecule has 1 saturated heterocycles. The number of anilines is 1. The maximum atomic E-state index is 5.73. The van der Waals surface area contributed by atoms with E-state index >= 15 is 0 Å². The highest BCUT2D eigenvalue weighted by molar-refractivity contribution is 5.89. The number of aryl methyl sites for hydroxylation is 1. The van der Waals surface area contributed by atoms with Crippen LogP contribution in [0.2, 0.25) is 0 Å². The van der Waals surface area contributed by atoms with Gasteiger partial charge in [0.25, 0.3) is 0 Å². The fourth-order valence-corrected chi connectivity index (χ4v) is 4.00. The Labute approximate surface area is 163 Å². The molecule has 0 spiro atoms. The predicted molar refractivity (Wildman–Crippen MR) is 112 cm³/mol. The normalized spacial score (nSPS) is 22.7. The zero-order valence-corrected chi connectivity index (χ0v) is 17.0. The molecule has 1 atom stereocenters. The minimum absolute atomic E-state index is 0.0255. The number of nitrogens with two attached hydrogens (primary N) is 1. The number of hydrogen-bond acceptors (Lipinski definition) is 5. The molecule has 1 aliphatic heterocycles. The number of fused-ring (bicyclic) bond motifs is 1. The van der Waals surface area contributed by atoms with Crippen molar-refractivity contribution in [3.8, 4) is 0 Å². The molecule has 5 heteroatoms. The highest BCUT2D eigenvalue weighted by Gasteiger charge is 2.26. The summed E-state index contributed by atoms with van der Waals surface area (Å²) in [6, 6.07) is 7.27.